The zero-order chi connectivity index (χ0) is 20.1. The minimum atomic E-state index is -0.969. The van der Waals surface area contributed by atoms with Crippen molar-refractivity contribution in [2.75, 3.05) is 13.2 Å². The molecule has 0 aromatic carbocycles. The van der Waals surface area contributed by atoms with Gasteiger partial charge in [0.1, 0.15) is 6.04 Å². The maximum absolute atomic E-state index is 13.6. The fourth-order valence-corrected chi connectivity index (χ4v) is 7.26. The lowest BCUT2D eigenvalue weighted by molar-refractivity contribution is -0.149. The Hall–Kier alpha value is -1.54. The second-order valence-corrected chi connectivity index (χ2v) is 9.65. The lowest BCUT2D eigenvalue weighted by Gasteiger charge is -2.40. The molecule has 3 rings (SSSR count). The summed E-state index contributed by atoms with van der Waals surface area (Å²) in [5.74, 6) is -2.93. The zero-order valence-electron chi connectivity index (χ0n) is 16.0. The Morgan fingerprint density at radius 2 is 2.11 bits per heavy atom. The van der Waals surface area contributed by atoms with E-state index in [0.717, 1.165) is 0 Å². The Bertz CT molecular complexity index is 668. The Kier molecular flexibility index (Phi) is 5.33. The molecule has 3 saturated heterocycles. The third-order valence-corrected chi connectivity index (χ3v) is 8.18. The molecule has 0 aliphatic carbocycles. The molecular formula is C19H28N2O5S. The number of aliphatic hydroxyl groups excluding tert-OH is 1. The Labute approximate surface area is 163 Å². The summed E-state index contributed by atoms with van der Waals surface area (Å²) < 4.78 is -0.723. The van der Waals surface area contributed by atoms with Crippen LogP contribution < -0.4 is 0 Å². The predicted molar refractivity (Wildman–Crippen MR) is 102 cm³/mol. The number of hydrogen-bond donors (Lipinski definition) is 2. The van der Waals surface area contributed by atoms with Crippen LogP contribution in [-0.2, 0) is 14.4 Å². The third-order valence-electron chi connectivity index (χ3n) is 6.23. The molecule has 3 aliphatic rings. The van der Waals surface area contributed by atoms with E-state index in [4.69, 9.17) is 0 Å². The topological polar surface area (TPSA) is 98.2 Å². The molecule has 0 aromatic heterocycles. The summed E-state index contributed by atoms with van der Waals surface area (Å²) in [6.07, 6.45) is 3.00. The van der Waals surface area contributed by atoms with Gasteiger partial charge < -0.3 is 20.0 Å². The molecule has 8 heteroatoms. The number of nitrogens with zero attached hydrogens (tertiary/aromatic N) is 2. The SMILES string of the molecule is C=CCN(C(=O)C1N([C@H](C)CO)C(=O)[C@@H]2[C@@H](C(=O)O)[C@H]3CCC12S3)C(C)C. The molecule has 27 heavy (non-hydrogen) atoms. The molecule has 2 bridgehead atoms. The number of carbonyl (C=O) groups is 3. The highest BCUT2D eigenvalue weighted by atomic mass is 32.2. The van der Waals surface area contributed by atoms with Crippen molar-refractivity contribution < 1.29 is 24.6 Å². The minimum absolute atomic E-state index is 0.0776. The van der Waals surface area contributed by atoms with Gasteiger partial charge in [0.15, 0.2) is 0 Å². The van der Waals surface area contributed by atoms with Crippen molar-refractivity contribution in [3.63, 3.8) is 0 Å². The van der Waals surface area contributed by atoms with Crippen LogP contribution in [0.5, 0.6) is 0 Å². The number of carboxylic acids is 1. The van der Waals surface area contributed by atoms with Crippen LogP contribution in [0.1, 0.15) is 33.6 Å². The molecule has 0 radical (unpaired) electrons. The van der Waals surface area contributed by atoms with E-state index >= 15 is 0 Å². The molecule has 7 nitrogen and oxygen atoms in total. The molecule has 3 fully saturated rings. The third kappa shape index (κ3) is 2.79. The number of aliphatic carboxylic acids is 1. The number of fused-ring (bicyclic) bond motifs is 1. The van der Waals surface area contributed by atoms with Gasteiger partial charge in [-0.15, -0.1) is 18.3 Å². The lowest BCUT2D eigenvalue weighted by Crippen LogP contribution is -2.58. The first kappa shape index (κ1) is 20.2. The number of thioether (sulfide) groups is 1. The first-order valence-corrected chi connectivity index (χ1v) is 10.3. The van der Waals surface area contributed by atoms with Gasteiger partial charge in [0.05, 0.1) is 29.2 Å². The first-order valence-electron chi connectivity index (χ1n) is 9.46. The highest BCUT2D eigenvalue weighted by Crippen LogP contribution is 2.66. The van der Waals surface area contributed by atoms with Crippen LogP contribution in [0.15, 0.2) is 12.7 Å². The lowest BCUT2D eigenvalue weighted by atomic mass is 9.71. The largest absolute Gasteiger partial charge is 0.481 e. The van der Waals surface area contributed by atoms with E-state index in [2.05, 4.69) is 6.58 Å². The van der Waals surface area contributed by atoms with Crippen molar-refractivity contribution in [2.45, 2.75) is 61.7 Å². The average Bonchev–Trinajstić information content (AvgIpc) is 3.25. The standard InChI is InChI=1S/C19H28N2O5S/c1-5-8-20(10(2)3)17(24)15-19-7-6-12(27-19)13(18(25)26)14(19)16(23)21(15)11(4)9-22/h5,10-15,22H,1,6-9H2,2-4H3,(H,25,26)/t11-,12-,13+,14+,15?,19?/m1/s1. The maximum Gasteiger partial charge on any atom is 0.308 e. The van der Waals surface area contributed by atoms with Gasteiger partial charge in [-0.2, -0.15) is 0 Å². The van der Waals surface area contributed by atoms with Gasteiger partial charge in [-0.1, -0.05) is 6.08 Å². The predicted octanol–water partition coefficient (Wildman–Crippen LogP) is 0.966. The molecule has 2 unspecified atom stereocenters. The fraction of sp³-hybridized carbons (Fsp3) is 0.737. The molecule has 2 amide bonds. The molecular weight excluding hydrogens is 368 g/mol. The van der Waals surface area contributed by atoms with Crippen LogP contribution >= 0.6 is 11.8 Å². The Morgan fingerprint density at radius 1 is 1.44 bits per heavy atom. The van der Waals surface area contributed by atoms with Gasteiger partial charge in [-0.25, -0.2) is 0 Å². The number of likely N-dealkylation sites (tertiary alicyclic amines) is 1. The molecule has 3 heterocycles. The minimum Gasteiger partial charge on any atom is -0.481 e. The van der Waals surface area contributed by atoms with Crippen molar-refractivity contribution in [3.8, 4) is 0 Å². The molecule has 2 N–H and O–H groups in total. The smallest absolute Gasteiger partial charge is 0.308 e. The van der Waals surface area contributed by atoms with E-state index in [-0.39, 0.29) is 29.7 Å². The fourth-order valence-electron chi connectivity index (χ4n) is 5.07. The molecule has 0 saturated carbocycles. The normalized spacial score (nSPS) is 35.4. The second kappa shape index (κ2) is 7.13. The molecule has 3 aliphatic heterocycles. The van der Waals surface area contributed by atoms with Gasteiger partial charge in [-0.3, -0.25) is 14.4 Å². The van der Waals surface area contributed by atoms with E-state index in [1.54, 1.807) is 17.9 Å². The van der Waals surface area contributed by atoms with E-state index in [1.165, 1.54) is 16.7 Å². The highest BCUT2D eigenvalue weighted by Gasteiger charge is 2.74. The van der Waals surface area contributed by atoms with E-state index in [9.17, 15) is 24.6 Å². The van der Waals surface area contributed by atoms with Crippen LogP contribution in [0.2, 0.25) is 0 Å². The van der Waals surface area contributed by atoms with Crippen molar-refractivity contribution in [3.05, 3.63) is 12.7 Å². The second-order valence-electron chi connectivity index (χ2n) is 8.04. The van der Waals surface area contributed by atoms with Gasteiger partial charge in [0.25, 0.3) is 0 Å². The van der Waals surface area contributed by atoms with Crippen LogP contribution in [0.4, 0.5) is 0 Å². The number of rotatable bonds is 7. The average molecular weight is 397 g/mol. The van der Waals surface area contributed by atoms with Gasteiger partial charge in [-0.05, 0) is 33.6 Å². The highest BCUT2D eigenvalue weighted by molar-refractivity contribution is 8.02. The van der Waals surface area contributed by atoms with Crippen molar-refractivity contribution >= 4 is 29.5 Å². The number of aliphatic hydroxyl groups is 1. The van der Waals surface area contributed by atoms with Crippen LogP contribution in [0.3, 0.4) is 0 Å². The van der Waals surface area contributed by atoms with E-state index in [1.807, 2.05) is 13.8 Å². The maximum atomic E-state index is 13.6. The number of carbonyl (C=O) groups excluding carboxylic acids is 2. The quantitative estimate of drug-likeness (QED) is 0.622. The van der Waals surface area contributed by atoms with Crippen molar-refractivity contribution in [2.24, 2.45) is 11.8 Å². The molecule has 150 valence electrons. The van der Waals surface area contributed by atoms with Gasteiger partial charge in [0, 0.05) is 17.8 Å². The van der Waals surface area contributed by atoms with Gasteiger partial charge in [0.2, 0.25) is 11.8 Å². The van der Waals surface area contributed by atoms with Crippen LogP contribution in [-0.4, -0.2) is 79.1 Å². The summed E-state index contributed by atoms with van der Waals surface area (Å²) in [5, 5.41) is 19.3. The summed E-state index contributed by atoms with van der Waals surface area (Å²) >= 11 is 1.51. The zero-order valence-corrected chi connectivity index (χ0v) is 16.8. The van der Waals surface area contributed by atoms with E-state index in [0.29, 0.717) is 19.4 Å². The molecule has 6 atom stereocenters. The van der Waals surface area contributed by atoms with Crippen molar-refractivity contribution in [1.29, 1.82) is 0 Å². The summed E-state index contributed by atoms with van der Waals surface area (Å²) in [4.78, 5) is 41.9. The number of hydrogen-bond acceptors (Lipinski definition) is 5. The van der Waals surface area contributed by atoms with Crippen LogP contribution in [0, 0.1) is 11.8 Å². The van der Waals surface area contributed by atoms with Crippen molar-refractivity contribution in [1.82, 2.24) is 9.80 Å². The summed E-state index contributed by atoms with van der Waals surface area (Å²) in [5.41, 5.74) is 0. The summed E-state index contributed by atoms with van der Waals surface area (Å²) in [6, 6.07) is -1.37. The Balaban J connectivity index is 2.09. The summed E-state index contributed by atoms with van der Waals surface area (Å²) in [7, 11) is 0. The molecule has 0 aromatic rings. The Morgan fingerprint density at radius 3 is 2.63 bits per heavy atom. The number of amides is 2. The number of carboxylic acid groups (broad SMARTS) is 1. The van der Waals surface area contributed by atoms with Crippen LogP contribution in [0.25, 0.3) is 0 Å². The molecule has 1 spiro atoms. The first-order chi connectivity index (χ1) is 12.7. The van der Waals surface area contributed by atoms with E-state index < -0.39 is 34.6 Å². The summed E-state index contributed by atoms with van der Waals surface area (Å²) in [6.45, 7) is 9.34. The monoisotopic (exact) mass is 396 g/mol. The van der Waals surface area contributed by atoms with Gasteiger partial charge >= 0.3 is 5.97 Å².